The SMILES string of the molecule is COCc1cccc(C2CN=C(N)O2)c1. The van der Waals surface area contributed by atoms with Crippen molar-refractivity contribution in [1.29, 1.82) is 0 Å². The van der Waals surface area contributed by atoms with Gasteiger partial charge >= 0.3 is 0 Å². The number of hydrogen-bond acceptors (Lipinski definition) is 4. The molecule has 0 spiro atoms. The highest BCUT2D eigenvalue weighted by Gasteiger charge is 2.19. The Bertz CT molecular complexity index is 377. The van der Waals surface area contributed by atoms with Crippen LogP contribution in [0.1, 0.15) is 17.2 Å². The fraction of sp³-hybridized carbons (Fsp3) is 0.364. The predicted molar refractivity (Wildman–Crippen MR) is 57.5 cm³/mol. The first-order valence-electron chi connectivity index (χ1n) is 4.84. The molecule has 0 aromatic heterocycles. The molecule has 1 aromatic carbocycles. The van der Waals surface area contributed by atoms with E-state index in [1.165, 1.54) is 0 Å². The summed E-state index contributed by atoms with van der Waals surface area (Å²) in [5.74, 6) is 0. The Morgan fingerprint density at radius 1 is 1.60 bits per heavy atom. The van der Waals surface area contributed by atoms with Gasteiger partial charge < -0.3 is 15.2 Å². The highest BCUT2D eigenvalue weighted by Crippen LogP contribution is 2.22. The molecule has 1 aromatic rings. The smallest absolute Gasteiger partial charge is 0.282 e. The number of nitrogens with zero attached hydrogens (tertiary/aromatic N) is 1. The van der Waals surface area contributed by atoms with Gasteiger partial charge in [-0.25, -0.2) is 4.99 Å². The van der Waals surface area contributed by atoms with Crippen LogP contribution in [-0.4, -0.2) is 19.7 Å². The van der Waals surface area contributed by atoms with E-state index in [-0.39, 0.29) is 12.1 Å². The van der Waals surface area contributed by atoms with E-state index in [1.807, 2.05) is 18.2 Å². The van der Waals surface area contributed by atoms with E-state index >= 15 is 0 Å². The van der Waals surface area contributed by atoms with Crippen LogP contribution in [0.15, 0.2) is 29.3 Å². The number of aliphatic imine (C=N–C) groups is 1. The van der Waals surface area contributed by atoms with Crippen LogP contribution >= 0.6 is 0 Å². The van der Waals surface area contributed by atoms with Crippen LogP contribution < -0.4 is 5.73 Å². The molecule has 1 unspecified atom stereocenters. The van der Waals surface area contributed by atoms with Gasteiger partial charge in [0.2, 0.25) is 0 Å². The second-order valence-electron chi connectivity index (χ2n) is 3.46. The maximum atomic E-state index is 5.46. The lowest BCUT2D eigenvalue weighted by Crippen LogP contribution is -2.13. The maximum Gasteiger partial charge on any atom is 0.282 e. The monoisotopic (exact) mass is 206 g/mol. The summed E-state index contributed by atoms with van der Waals surface area (Å²) in [6.45, 7) is 1.21. The summed E-state index contributed by atoms with van der Waals surface area (Å²) >= 11 is 0. The number of methoxy groups -OCH3 is 1. The van der Waals surface area contributed by atoms with Crippen molar-refractivity contribution < 1.29 is 9.47 Å². The fourth-order valence-corrected chi connectivity index (χ4v) is 1.62. The lowest BCUT2D eigenvalue weighted by Gasteiger charge is -2.11. The van der Waals surface area contributed by atoms with Gasteiger partial charge in [-0.15, -0.1) is 0 Å². The first-order chi connectivity index (χ1) is 7.29. The molecule has 1 heterocycles. The fourth-order valence-electron chi connectivity index (χ4n) is 1.62. The van der Waals surface area contributed by atoms with Gasteiger partial charge in [-0.2, -0.15) is 0 Å². The average molecular weight is 206 g/mol. The van der Waals surface area contributed by atoms with Crippen molar-refractivity contribution in [2.24, 2.45) is 10.7 Å². The van der Waals surface area contributed by atoms with Crippen molar-refractivity contribution in [2.75, 3.05) is 13.7 Å². The van der Waals surface area contributed by atoms with E-state index in [0.29, 0.717) is 13.2 Å². The van der Waals surface area contributed by atoms with Crippen LogP contribution in [0.25, 0.3) is 0 Å². The first-order valence-corrected chi connectivity index (χ1v) is 4.84. The molecule has 0 saturated heterocycles. The molecule has 4 nitrogen and oxygen atoms in total. The lowest BCUT2D eigenvalue weighted by molar-refractivity contribution is 0.184. The molecule has 0 bridgehead atoms. The first kappa shape index (κ1) is 9.98. The number of nitrogens with two attached hydrogens (primary N) is 1. The Morgan fingerprint density at radius 3 is 3.13 bits per heavy atom. The zero-order valence-corrected chi connectivity index (χ0v) is 8.64. The van der Waals surface area contributed by atoms with E-state index in [9.17, 15) is 0 Å². The van der Waals surface area contributed by atoms with Gasteiger partial charge in [-0.1, -0.05) is 18.2 Å². The second-order valence-corrected chi connectivity index (χ2v) is 3.46. The third-order valence-electron chi connectivity index (χ3n) is 2.31. The van der Waals surface area contributed by atoms with Gasteiger partial charge in [-0.3, -0.25) is 0 Å². The topological polar surface area (TPSA) is 56.8 Å². The summed E-state index contributed by atoms with van der Waals surface area (Å²) in [5.41, 5.74) is 7.68. The minimum Gasteiger partial charge on any atom is -0.455 e. The number of rotatable bonds is 3. The molecule has 80 valence electrons. The van der Waals surface area contributed by atoms with Crippen molar-refractivity contribution in [1.82, 2.24) is 0 Å². The molecular formula is C11H14N2O2. The lowest BCUT2D eigenvalue weighted by atomic mass is 10.1. The minimum absolute atomic E-state index is 0.0400. The molecule has 0 amide bonds. The van der Waals surface area contributed by atoms with Crippen LogP contribution in [-0.2, 0) is 16.1 Å². The van der Waals surface area contributed by atoms with Crippen molar-refractivity contribution in [3.05, 3.63) is 35.4 Å². The van der Waals surface area contributed by atoms with E-state index in [4.69, 9.17) is 15.2 Å². The number of benzene rings is 1. The summed E-state index contributed by atoms with van der Waals surface area (Å²) in [5, 5.41) is 0. The van der Waals surface area contributed by atoms with Gasteiger partial charge in [0, 0.05) is 7.11 Å². The van der Waals surface area contributed by atoms with E-state index < -0.39 is 0 Å². The molecule has 0 fully saturated rings. The van der Waals surface area contributed by atoms with Gasteiger partial charge in [0.15, 0.2) is 0 Å². The Kier molecular flexibility index (Phi) is 2.87. The third kappa shape index (κ3) is 2.27. The highest BCUT2D eigenvalue weighted by atomic mass is 16.5. The van der Waals surface area contributed by atoms with E-state index in [1.54, 1.807) is 7.11 Å². The number of amidine groups is 1. The van der Waals surface area contributed by atoms with Gasteiger partial charge in [-0.05, 0) is 17.2 Å². The van der Waals surface area contributed by atoms with Gasteiger partial charge in [0.05, 0.1) is 13.2 Å². The summed E-state index contributed by atoms with van der Waals surface area (Å²) < 4.78 is 10.4. The summed E-state index contributed by atoms with van der Waals surface area (Å²) in [4.78, 5) is 4.01. The molecule has 2 N–H and O–H groups in total. The van der Waals surface area contributed by atoms with Crippen LogP contribution in [0.5, 0.6) is 0 Å². The van der Waals surface area contributed by atoms with Crippen LogP contribution in [0.3, 0.4) is 0 Å². The molecule has 4 heteroatoms. The van der Waals surface area contributed by atoms with Crippen LogP contribution in [0.4, 0.5) is 0 Å². The Morgan fingerprint density at radius 2 is 2.47 bits per heavy atom. The minimum atomic E-state index is -0.0400. The summed E-state index contributed by atoms with van der Waals surface area (Å²) in [6, 6.07) is 8.35. The molecule has 15 heavy (non-hydrogen) atoms. The van der Waals surface area contributed by atoms with Crippen molar-refractivity contribution in [3.8, 4) is 0 Å². The maximum absolute atomic E-state index is 5.46. The quantitative estimate of drug-likeness (QED) is 0.809. The number of hydrogen-bond donors (Lipinski definition) is 1. The third-order valence-corrected chi connectivity index (χ3v) is 2.31. The molecular weight excluding hydrogens is 192 g/mol. The zero-order chi connectivity index (χ0) is 10.7. The molecule has 2 rings (SSSR count). The van der Waals surface area contributed by atoms with Crippen molar-refractivity contribution >= 4 is 6.02 Å². The highest BCUT2D eigenvalue weighted by molar-refractivity contribution is 5.73. The Balaban J connectivity index is 2.11. The molecule has 0 aliphatic carbocycles. The molecule has 0 saturated carbocycles. The summed E-state index contributed by atoms with van der Waals surface area (Å²) in [7, 11) is 1.68. The second kappa shape index (κ2) is 4.31. The van der Waals surface area contributed by atoms with E-state index in [0.717, 1.165) is 11.1 Å². The van der Waals surface area contributed by atoms with Crippen molar-refractivity contribution in [3.63, 3.8) is 0 Å². The van der Waals surface area contributed by atoms with Crippen molar-refractivity contribution in [2.45, 2.75) is 12.7 Å². The summed E-state index contributed by atoms with van der Waals surface area (Å²) in [6.07, 6.45) is -0.0400. The van der Waals surface area contributed by atoms with Gasteiger partial charge in [0.1, 0.15) is 6.10 Å². The van der Waals surface area contributed by atoms with Crippen LogP contribution in [0.2, 0.25) is 0 Å². The van der Waals surface area contributed by atoms with Gasteiger partial charge in [0.25, 0.3) is 6.02 Å². The van der Waals surface area contributed by atoms with Crippen LogP contribution in [0, 0.1) is 0 Å². The molecule has 1 aliphatic rings. The Labute approximate surface area is 88.7 Å². The largest absolute Gasteiger partial charge is 0.455 e. The standard InChI is InChI=1S/C11H14N2O2/c1-14-7-8-3-2-4-9(5-8)10-6-13-11(12)15-10/h2-5,10H,6-7H2,1H3,(H2,12,13). The molecule has 1 atom stereocenters. The predicted octanol–water partition coefficient (Wildman–Crippen LogP) is 1.22. The Hall–Kier alpha value is -1.55. The molecule has 1 aliphatic heterocycles. The normalized spacial score (nSPS) is 19.8. The van der Waals surface area contributed by atoms with E-state index in [2.05, 4.69) is 11.1 Å². The average Bonchev–Trinajstić information content (AvgIpc) is 2.66. The zero-order valence-electron chi connectivity index (χ0n) is 8.64. The number of ether oxygens (including phenoxy) is 2. The molecule has 0 radical (unpaired) electrons.